The first-order chi connectivity index (χ1) is 8.68. The smallest absolute Gasteiger partial charge is 0.257 e. The van der Waals surface area contributed by atoms with Gasteiger partial charge in [0.1, 0.15) is 5.82 Å². The van der Waals surface area contributed by atoms with Crippen LogP contribution in [0.2, 0.25) is 0 Å². The van der Waals surface area contributed by atoms with Crippen molar-refractivity contribution in [1.29, 1.82) is 0 Å². The molecule has 18 heavy (non-hydrogen) atoms. The van der Waals surface area contributed by atoms with Crippen LogP contribution in [-0.2, 0) is 6.42 Å². The van der Waals surface area contributed by atoms with Crippen LogP contribution in [0.4, 0.5) is 5.82 Å². The molecule has 2 aromatic heterocycles. The summed E-state index contributed by atoms with van der Waals surface area (Å²) in [6.07, 6.45) is 2.44. The van der Waals surface area contributed by atoms with Gasteiger partial charge in [-0.3, -0.25) is 4.79 Å². The Morgan fingerprint density at radius 3 is 2.94 bits per heavy atom. The number of hydrogen-bond acceptors (Lipinski definition) is 4. The minimum atomic E-state index is -0.0860. The third-order valence-electron chi connectivity index (χ3n) is 2.69. The fraction of sp³-hybridized carbons (Fsp3) is 0.231. The van der Waals surface area contributed by atoms with Gasteiger partial charge in [0, 0.05) is 24.7 Å². The number of anilines is 1. The predicted molar refractivity (Wildman–Crippen MR) is 73.6 cm³/mol. The number of carbonyl (C=O) groups is 1. The Balaban J connectivity index is 1.99. The maximum Gasteiger partial charge on any atom is 0.257 e. The number of thiophene rings is 1. The van der Waals surface area contributed by atoms with E-state index in [1.54, 1.807) is 41.6 Å². The first-order valence-electron chi connectivity index (χ1n) is 5.67. The van der Waals surface area contributed by atoms with E-state index in [9.17, 15) is 4.79 Å². The fourth-order valence-electron chi connectivity index (χ4n) is 1.64. The molecular formula is C13H15N3OS. The second-order valence-electron chi connectivity index (χ2n) is 3.99. The fourth-order valence-corrected chi connectivity index (χ4v) is 2.34. The SMILES string of the molecule is CN(CCc1cccs1)C(=O)c1cccnc1N. The number of nitrogen functional groups attached to an aromatic ring is 1. The van der Waals surface area contributed by atoms with Gasteiger partial charge >= 0.3 is 0 Å². The molecule has 4 nitrogen and oxygen atoms in total. The van der Waals surface area contributed by atoms with Gasteiger partial charge < -0.3 is 10.6 Å². The molecule has 2 N–H and O–H groups in total. The monoisotopic (exact) mass is 261 g/mol. The second kappa shape index (κ2) is 5.64. The lowest BCUT2D eigenvalue weighted by Gasteiger charge is -2.17. The number of nitrogens with two attached hydrogens (primary N) is 1. The lowest BCUT2D eigenvalue weighted by Crippen LogP contribution is -2.29. The minimum Gasteiger partial charge on any atom is -0.383 e. The number of rotatable bonds is 4. The Morgan fingerprint density at radius 2 is 2.28 bits per heavy atom. The second-order valence-corrected chi connectivity index (χ2v) is 5.02. The molecule has 0 spiro atoms. The highest BCUT2D eigenvalue weighted by Crippen LogP contribution is 2.12. The molecule has 0 atom stereocenters. The Labute approximate surface area is 110 Å². The topological polar surface area (TPSA) is 59.2 Å². The molecule has 2 heterocycles. The minimum absolute atomic E-state index is 0.0860. The molecule has 0 bridgehead atoms. The molecular weight excluding hydrogens is 246 g/mol. The van der Waals surface area contributed by atoms with Gasteiger partial charge in [0.2, 0.25) is 0 Å². The summed E-state index contributed by atoms with van der Waals surface area (Å²) in [6, 6.07) is 7.51. The summed E-state index contributed by atoms with van der Waals surface area (Å²) < 4.78 is 0. The van der Waals surface area contributed by atoms with E-state index in [1.165, 1.54) is 4.88 Å². The van der Waals surface area contributed by atoms with E-state index in [-0.39, 0.29) is 11.7 Å². The summed E-state index contributed by atoms with van der Waals surface area (Å²) in [7, 11) is 1.78. The van der Waals surface area contributed by atoms with Crippen molar-refractivity contribution < 1.29 is 4.79 Å². The van der Waals surface area contributed by atoms with Gasteiger partial charge in [-0.25, -0.2) is 4.98 Å². The van der Waals surface area contributed by atoms with Gasteiger partial charge in [-0.15, -0.1) is 11.3 Å². The van der Waals surface area contributed by atoms with Crippen LogP contribution in [0.1, 0.15) is 15.2 Å². The van der Waals surface area contributed by atoms with E-state index in [4.69, 9.17) is 5.73 Å². The summed E-state index contributed by atoms with van der Waals surface area (Å²) in [5, 5.41) is 2.04. The molecule has 2 aromatic rings. The van der Waals surface area contributed by atoms with Crippen molar-refractivity contribution in [2.75, 3.05) is 19.3 Å². The summed E-state index contributed by atoms with van der Waals surface area (Å²) in [6.45, 7) is 0.674. The number of likely N-dealkylation sites (N-methyl/N-ethyl adjacent to an activating group) is 1. The Bertz CT molecular complexity index is 525. The van der Waals surface area contributed by atoms with E-state index in [2.05, 4.69) is 11.1 Å². The molecule has 5 heteroatoms. The first-order valence-corrected chi connectivity index (χ1v) is 6.55. The number of hydrogen-bond donors (Lipinski definition) is 1. The zero-order valence-electron chi connectivity index (χ0n) is 10.2. The van der Waals surface area contributed by atoms with Crippen molar-refractivity contribution in [3.05, 3.63) is 46.3 Å². The van der Waals surface area contributed by atoms with Crippen molar-refractivity contribution in [3.63, 3.8) is 0 Å². The van der Waals surface area contributed by atoms with Gasteiger partial charge in [0.15, 0.2) is 0 Å². The van der Waals surface area contributed by atoms with Crippen LogP contribution in [0.25, 0.3) is 0 Å². The van der Waals surface area contributed by atoms with Gasteiger partial charge in [0.25, 0.3) is 5.91 Å². The number of carbonyl (C=O) groups excluding carboxylic acids is 1. The van der Waals surface area contributed by atoms with Crippen LogP contribution >= 0.6 is 11.3 Å². The van der Waals surface area contributed by atoms with Gasteiger partial charge in [0.05, 0.1) is 5.56 Å². The normalized spacial score (nSPS) is 10.3. The number of amides is 1. The van der Waals surface area contributed by atoms with Gasteiger partial charge in [-0.05, 0) is 30.0 Å². The molecule has 94 valence electrons. The van der Waals surface area contributed by atoms with Crippen LogP contribution in [0.5, 0.6) is 0 Å². The Hall–Kier alpha value is -1.88. The summed E-state index contributed by atoms with van der Waals surface area (Å²) >= 11 is 1.70. The molecule has 0 aromatic carbocycles. The highest BCUT2D eigenvalue weighted by atomic mass is 32.1. The highest BCUT2D eigenvalue weighted by molar-refractivity contribution is 7.09. The van der Waals surface area contributed by atoms with Crippen molar-refractivity contribution >= 4 is 23.1 Å². The molecule has 0 aliphatic carbocycles. The Morgan fingerprint density at radius 1 is 1.44 bits per heavy atom. The maximum atomic E-state index is 12.1. The van der Waals surface area contributed by atoms with Crippen molar-refractivity contribution in [2.45, 2.75) is 6.42 Å². The highest BCUT2D eigenvalue weighted by Gasteiger charge is 2.14. The lowest BCUT2D eigenvalue weighted by atomic mass is 10.2. The Kier molecular flexibility index (Phi) is 3.94. The largest absolute Gasteiger partial charge is 0.383 e. The molecule has 0 unspecified atom stereocenters. The molecule has 0 radical (unpaired) electrons. The van der Waals surface area contributed by atoms with Crippen LogP contribution in [0.3, 0.4) is 0 Å². The van der Waals surface area contributed by atoms with E-state index in [1.807, 2.05) is 11.4 Å². The first kappa shape index (κ1) is 12.6. The number of pyridine rings is 1. The average molecular weight is 261 g/mol. The quantitative estimate of drug-likeness (QED) is 0.916. The van der Waals surface area contributed by atoms with Crippen LogP contribution in [0, 0.1) is 0 Å². The van der Waals surface area contributed by atoms with E-state index >= 15 is 0 Å². The number of aromatic nitrogens is 1. The van der Waals surface area contributed by atoms with Gasteiger partial charge in [-0.1, -0.05) is 6.07 Å². The van der Waals surface area contributed by atoms with E-state index < -0.39 is 0 Å². The van der Waals surface area contributed by atoms with Crippen LogP contribution in [0.15, 0.2) is 35.8 Å². The third-order valence-corrected chi connectivity index (χ3v) is 3.63. The molecule has 2 rings (SSSR count). The predicted octanol–water partition coefficient (Wildman–Crippen LogP) is 2.04. The van der Waals surface area contributed by atoms with Crippen molar-refractivity contribution in [1.82, 2.24) is 9.88 Å². The zero-order valence-corrected chi connectivity index (χ0v) is 11.0. The maximum absolute atomic E-state index is 12.1. The summed E-state index contributed by atoms with van der Waals surface area (Å²) in [4.78, 5) is 19.0. The van der Waals surface area contributed by atoms with Crippen LogP contribution in [-0.4, -0.2) is 29.4 Å². The lowest BCUT2D eigenvalue weighted by molar-refractivity contribution is 0.0797. The van der Waals surface area contributed by atoms with Crippen LogP contribution < -0.4 is 5.73 Å². The summed E-state index contributed by atoms with van der Waals surface area (Å²) in [5.74, 6) is 0.197. The molecule has 0 aliphatic heterocycles. The summed E-state index contributed by atoms with van der Waals surface area (Å²) in [5.41, 5.74) is 6.16. The van der Waals surface area contributed by atoms with Gasteiger partial charge in [-0.2, -0.15) is 0 Å². The zero-order chi connectivity index (χ0) is 13.0. The van der Waals surface area contributed by atoms with E-state index in [0.717, 1.165) is 6.42 Å². The average Bonchev–Trinajstić information content (AvgIpc) is 2.89. The molecule has 0 saturated heterocycles. The number of nitrogens with zero attached hydrogens (tertiary/aromatic N) is 2. The van der Waals surface area contributed by atoms with Crippen molar-refractivity contribution in [3.8, 4) is 0 Å². The molecule has 0 saturated carbocycles. The van der Waals surface area contributed by atoms with E-state index in [0.29, 0.717) is 12.1 Å². The molecule has 0 fully saturated rings. The third kappa shape index (κ3) is 2.87. The standard InChI is InChI=1S/C13H15N3OS/c1-16(8-6-10-4-3-9-18-10)13(17)11-5-2-7-15-12(11)14/h2-5,7,9H,6,8H2,1H3,(H2,14,15). The molecule has 1 amide bonds. The van der Waals surface area contributed by atoms with Crippen molar-refractivity contribution in [2.24, 2.45) is 0 Å². The molecule has 0 aliphatic rings.